The van der Waals surface area contributed by atoms with Crippen molar-refractivity contribution in [2.75, 3.05) is 17.3 Å². The average Bonchev–Trinajstić information content (AvgIpc) is 2.65. The van der Waals surface area contributed by atoms with Crippen LogP contribution in [0.15, 0.2) is 67.0 Å². The number of nitrogens with zero attached hydrogens (tertiary/aromatic N) is 2. The molecule has 0 unspecified atom stereocenters. The van der Waals surface area contributed by atoms with E-state index in [0.717, 1.165) is 11.4 Å². The first-order valence-corrected chi connectivity index (χ1v) is 8.31. The van der Waals surface area contributed by atoms with Crippen LogP contribution in [0.4, 0.5) is 17.1 Å². The zero-order chi connectivity index (χ0) is 17.8. The molecule has 4 nitrogen and oxygen atoms in total. The summed E-state index contributed by atoms with van der Waals surface area (Å²) < 4.78 is 0. The van der Waals surface area contributed by atoms with Crippen molar-refractivity contribution in [1.82, 2.24) is 4.98 Å². The molecule has 0 saturated heterocycles. The Morgan fingerprint density at radius 3 is 2.32 bits per heavy atom. The Balaban J connectivity index is 1.85. The van der Waals surface area contributed by atoms with Crippen LogP contribution in [0, 0.1) is 0 Å². The van der Waals surface area contributed by atoms with Crippen molar-refractivity contribution in [2.45, 2.75) is 0 Å². The van der Waals surface area contributed by atoms with Crippen LogP contribution >= 0.6 is 23.2 Å². The van der Waals surface area contributed by atoms with Crippen LogP contribution in [-0.2, 0) is 0 Å². The summed E-state index contributed by atoms with van der Waals surface area (Å²) in [4.78, 5) is 18.7. The third-order valence-corrected chi connectivity index (χ3v) is 4.35. The molecular formula is C19H15Cl2N3O. The van der Waals surface area contributed by atoms with Crippen molar-refractivity contribution in [3.63, 3.8) is 0 Å². The van der Waals surface area contributed by atoms with Gasteiger partial charge in [-0.2, -0.15) is 0 Å². The first kappa shape index (κ1) is 17.3. The molecular weight excluding hydrogens is 357 g/mol. The number of halogens is 2. The number of anilines is 3. The van der Waals surface area contributed by atoms with E-state index in [9.17, 15) is 4.79 Å². The quantitative estimate of drug-likeness (QED) is 0.666. The van der Waals surface area contributed by atoms with E-state index >= 15 is 0 Å². The van der Waals surface area contributed by atoms with Gasteiger partial charge in [-0.05, 0) is 30.3 Å². The van der Waals surface area contributed by atoms with Gasteiger partial charge in [-0.25, -0.2) is 0 Å². The van der Waals surface area contributed by atoms with Crippen molar-refractivity contribution >= 4 is 46.2 Å². The number of carbonyl (C=O) groups is 1. The van der Waals surface area contributed by atoms with Crippen molar-refractivity contribution in [2.24, 2.45) is 0 Å². The topological polar surface area (TPSA) is 45.2 Å². The van der Waals surface area contributed by atoms with Crippen LogP contribution in [0.1, 0.15) is 10.4 Å². The second kappa shape index (κ2) is 7.55. The number of pyridine rings is 1. The molecule has 0 bridgehead atoms. The fourth-order valence-corrected chi connectivity index (χ4v) is 2.83. The first-order chi connectivity index (χ1) is 12.1. The normalized spacial score (nSPS) is 10.4. The molecule has 6 heteroatoms. The van der Waals surface area contributed by atoms with Gasteiger partial charge in [0.25, 0.3) is 5.91 Å². The molecule has 0 radical (unpaired) electrons. The molecule has 1 N–H and O–H groups in total. The van der Waals surface area contributed by atoms with Crippen molar-refractivity contribution < 1.29 is 4.79 Å². The predicted octanol–water partition coefficient (Wildman–Crippen LogP) is 5.41. The lowest BCUT2D eigenvalue weighted by Gasteiger charge is -2.19. The van der Waals surface area contributed by atoms with Crippen LogP contribution in [0.5, 0.6) is 0 Å². The molecule has 25 heavy (non-hydrogen) atoms. The highest BCUT2D eigenvalue weighted by Crippen LogP contribution is 2.30. The number of rotatable bonds is 4. The lowest BCUT2D eigenvalue weighted by atomic mass is 10.2. The molecule has 0 aliphatic carbocycles. The van der Waals surface area contributed by atoms with E-state index in [0.29, 0.717) is 21.3 Å². The van der Waals surface area contributed by atoms with Gasteiger partial charge in [0.1, 0.15) is 0 Å². The van der Waals surface area contributed by atoms with Crippen LogP contribution in [0.3, 0.4) is 0 Å². The van der Waals surface area contributed by atoms with Gasteiger partial charge in [0.15, 0.2) is 0 Å². The number of benzene rings is 2. The molecule has 3 rings (SSSR count). The molecule has 0 atom stereocenters. The van der Waals surface area contributed by atoms with E-state index < -0.39 is 0 Å². The van der Waals surface area contributed by atoms with E-state index in [1.54, 1.807) is 30.5 Å². The lowest BCUT2D eigenvalue weighted by molar-refractivity contribution is 0.102. The largest absolute Gasteiger partial charge is 0.343 e. The molecule has 126 valence electrons. The minimum absolute atomic E-state index is 0.328. The fraction of sp³-hybridized carbons (Fsp3) is 0.0526. The Bertz CT molecular complexity index is 880. The molecule has 1 heterocycles. The number of nitrogens with one attached hydrogen (secondary N) is 1. The minimum atomic E-state index is -0.328. The Kier molecular flexibility index (Phi) is 5.22. The maximum absolute atomic E-state index is 12.5. The molecule has 0 fully saturated rings. The summed E-state index contributed by atoms with van der Waals surface area (Å²) in [6.45, 7) is 0. The number of amides is 1. The van der Waals surface area contributed by atoms with Gasteiger partial charge >= 0.3 is 0 Å². The highest BCUT2D eigenvalue weighted by Gasteiger charge is 2.13. The maximum atomic E-state index is 12.5. The van der Waals surface area contributed by atoms with Gasteiger partial charge in [-0.15, -0.1) is 0 Å². The zero-order valence-corrected chi connectivity index (χ0v) is 14.9. The average molecular weight is 372 g/mol. The van der Waals surface area contributed by atoms with Gasteiger partial charge in [-0.3, -0.25) is 9.78 Å². The summed E-state index contributed by atoms with van der Waals surface area (Å²) in [5, 5.41) is 3.50. The highest BCUT2D eigenvalue weighted by atomic mass is 35.5. The summed E-state index contributed by atoms with van der Waals surface area (Å²) in [6, 6.07) is 16.6. The van der Waals surface area contributed by atoms with E-state index in [1.165, 1.54) is 6.20 Å². The van der Waals surface area contributed by atoms with E-state index in [1.807, 2.05) is 42.3 Å². The van der Waals surface area contributed by atoms with Crippen molar-refractivity contribution in [3.05, 3.63) is 82.6 Å². The number of hydrogen-bond acceptors (Lipinski definition) is 3. The summed E-state index contributed by atoms with van der Waals surface area (Å²) in [5.41, 5.74) is 2.59. The predicted molar refractivity (Wildman–Crippen MR) is 103 cm³/mol. The minimum Gasteiger partial charge on any atom is -0.343 e. The monoisotopic (exact) mass is 371 g/mol. The Hall–Kier alpha value is -2.56. The molecule has 2 aromatic carbocycles. The second-order valence-corrected chi connectivity index (χ2v) is 6.19. The summed E-state index contributed by atoms with van der Waals surface area (Å²) in [6.07, 6.45) is 3.20. The van der Waals surface area contributed by atoms with Crippen molar-refractivity contribution in [3.8, 4) is 0 Å². The lowest BCUT2D eigenvalue weighted by Crippen LogP contribution is -2.15. The molecule has 1 aromatic heterocycles. The van der Waals surface area contributed by atoms with Gasteiger partial charge in [0, 0.05) is 18.9 Å². The molecule has 0 aliphatic heterocycles. The van der Waals surface area contributed by atoms with Gasteiger partial charge in [-0.1, -0.05) is 47.5 Å². The molecule has 3 aromatic rings. The first-order valence-electron chi connectivity index (χ1n) is 7.55. The third kappa shape index (κ3) is 3.92. The van der Waals surface area contributed by atoms with Gasteiger partial charge in [0.05, 0.1) is 33.2 Å². The Labute approximate surface area is 156 Å². The zero-order valence-electron chi connectivity index (χ0n) is 13.4. The van der Waals surface area contributed by atoms with Crippen LogP contribution in [0.25, 0.3) is 0 Å². The van der Waals surface area contributed by atoms with E-state index in [2.05, 4.69) is 10.3 Å². The number of aromatic nitrogens is 1. The third-order valence-electron chi connectivity index (χ3n) is 3.72. The van der Waals surface area contributed by atoms with Gasteiger partial charge < -0.3 is 10.2 Å². The van der Waals surface area contributed by atoms with Crippen LogP contribution in [0.2, 0.25) is 10.0 Å². The SMILES string of the molecule is CN(c1ccccc1)c1cncc(C(=O)Nc2c(Cl)cccc2Cl)c1. The Morgan fingerprint density at radius 1 is 0.960 bits per heavy atom. The number of hydrogen-bond donors (Lipinski definition) is 1. The molecule has 0 aliphatic rings. The van der Waals surface area contributed by atoms with E-state index in [-0.39, 0.29) is 5.91 Å². The van der Waals surface area contributed by atoms with Crippen LogP contribution in [-0.4, -0.2) is 17.9 Å². The molecule has 0 saturated carbocycles. The summed E-state index contributed by atoms with van der Waals surface area (Å²) in [7, 11) is 1.92. The fourth-order valence-electron chi connectivity index (χ4n) is 2.34. The molecule has 0 spiro atoms. The summed E-state index contributed by atoms with van der Waals surface area (Å²) >= 11 is 12.2. The smallest absolute Gasteiger partial charge is 0.257 e. The second-order valence-electron chi connectivity index (χ2n) is 5.38. The van der Waals surface area contributed by atoms with Gasteiger partial charge in [0.2, 0.25) is 0 Å². The van der Waals surface area contributed by atoms with Crippen molar-refractivity contribution in [1.29, 1.82) is 0 Å². The number of carbonyl (C=O) groups excluding carboxylic acids is 1. The Morgan fingerprint density at radius 2 is 1.64 bits per heavy atom. The number of para-hydroxylation sites is 2. The maximum Gasteiger partial charge on any atom is 0.257 e. The van der Waals surface area contributed by atoms with Crippen LogP contribution < -0.4 is 10.2 Å². The summed E-state index contributed by atoms with van der Waals surface area (Å²) in [5.74, 6) is -0.328. The molecule has 1 amide bonds. The standard InChI is InChI=1S/C19H15Cl2N3O/c1-24(14-6-3-2-4-7-14)15-10-13(11-22-12-15)19(25)23-18-16(20)8-5-9-17(18)21/h2-12H,1H3,(H,23,25). The van der Waals surface area contributed by atoms with E-state index in [4.69, 9.17) is 23.2 Å². The highest BCUT2D eigenvalue weighted by molar-refractivity contribution is 6.40.